The van der Waals surface area contributed by atoms with E-state index in [4.69, 9.17) is 4.74 Å². The fourth-order valence-corrected chi connectivity index (χ4v) is 3.98. The summed E-state index contributed by atoms with van der Waals surface area (Å²) >= 11 is 0. The Morgan fingerprint density at radius 2 is 1.89 bits per heavy atom. The molecular formula is C26H21N5O5. The third kappa shape index (κ3) is 4.14. The Bertz CT molecular complexity index is 1490. The van der Waals surface area contributed by atoms with E-state index < -0.39 is 16.7 Å². The van der Waals surface area contributed by atoms with Gasteiger partial charge in [-0.15, -0.1) is 0 Å². The lowest BCUT2D eigenvalue weighted by Gasteiger charge is -2.26. The lowest BCUT2D eigenvalue weighted by Crippen LogP contribution is -2.42. The molecule has 10 nitrogen and oxygen atoms in total. The first-order valence-corrected chi connectivity index (χ1v) is 11.0. The van der Waals surface area contributed by atoms with Crippen LogP contribution in [0.4, 0.5) is 5.69 Å². The zero-order valence-electron chi connectivity index (χ0n) is 19.8. The highest BCUT2D eigenvalue weighted by atomic mass is 16.6. The van der Waals surface area contributed by atoms with E-state index in [-0.39, 0.29) is 34.7 Å². The third-order valence-corrected chi connectivity index (χ3v) is 5.85. The minimum atomic E-state index is -0.634. The van der Waals surface area contributed by atoms with Gasteiger partial charge in [0.2, 0.25) is 0 Å². The molecule has 2 heterocycles. The number of para-hydroxylation sites is 1. The molecule has 1 aromatic heterocycles. The first kappa shape index (κ1) is 24.1. The summed E-state index contributed by atoms with van der Waals surface area (Å²) < 4.78 is 6.71. The standard InChI is InChI=1S/C26H21N5O5/c1-4-29-25(32)20(16(2)21(14-27)26(29)33)12-18-15-30(19-8-6-5-7-9-19)28-24(18)17-10-11-23(36-3)22(13-17)31(34)35/h5-13,15H,4H2,1-3H3/b20-12+. The minimum absolute atomic E-state index is 0.100. The van der Waals surface area contributed by atoms with Gasteiger partial charge >= 0.3 is 5.69 Å². The van der Waals surface area contributed by atoms with Gasteiger partial charge in [-0.25, -0.2) is 4.68 Å². The van der Waals surface area contributed by atoms with Crippen molar-refractivity contribution in [2.75, 3.05) is 13.7 Å². The number of benzene rings is 2. The second kappa shape index (κ2) is 9.68. The van der Waals surface area contributed by atoms with Gasteiger partial charge in [0, 0.05) is 35.5 Å². The van der Waals surface area contributed by atoms with E-state index in [1.54, 1.807) is 36.9 Å². The van der Waals surface area contributed by atoms with E-state index in [1.807, 2.05) is 36.4 Å². The summed E-state index contributed by atoms with van der Waals surface area (Å²) in [6, 6.07) is 15.6. The monoisotopic (exact) mass is 483 g/mol. The Balaban J connectivity index is 1.97. The highest BCUT2D eigenvalue weighted by Gasteiger charge is 2.34. The Morgan fingerprint density at radius 1 is 1.17 bits per heavy atom. The summed E-state index contributed by atoms with van der Waals surface area (Å²) in [7, 11) is 1.35. The van der Waals surface area contributed by atoms with Gasteiger partial charge in [0.1, 0.15) is 17.3 Å². The largest absolute Gasteiger partial charge is 0.490 e. The van der Waals surface area contributed by atoms with Gasteiger partial charge in [-0.2, -0.15) is 10.4 Å². The van der Waals surface area contributed by atoms with Gasteiger partial charge in [0.05, 0.1) is 17.7 Å². The number of nitriles is 1. The summed E-state index contributed by atoms with van der Waals surface area (Å²) in [6.07, 6.45) is 3.25. The van der Waals surface area contributed by atoms with Crippen molar-refractivity contribution < 1.29 is 19.2 Å². The number of imide groups is 1. The quantitative estimate of drug-likeness (QED) is 0.223. The SMILES string of the molecule is CCN1C(=O)C(C#N)=C(C)/C(=C\c2cn(-c3ccccc3)nc2-c2ccc(OC)c([N+](=O)[O-])c2)C1=O. The first-order chi connectivity index (χ1) is 17.3. The van der Waals surface area contributed by atoms with Crippen LogP contribution >= 0.6 is 0 Å². The summed E-state index contributed by atoms with van der Waals surface area (Å²) in [5, 5.41) is 25.8. The van der Waals surface area contributed by atoms with Crippen molar-refractivity contribution in [3.8, 4) is 28.8 Å². The molecule has 0 spiro atoms. The van der Waals surface area contributed by atoms with Crippen LogP contribution in [-0.2, 0) is 9.59 Å². The molecule has 4 rings (SSSR count). The van der Waals surface area contributed by atoms with Crippen LogP contribution in [0.1, 0.15) is 19.4 Å². The highest BCUT2D eigenvalue weighted by molar-refractivity contribution is 6.19. The van der Waals surface area contributed by atoms with Gasteiger partial charge < -0.3 is 4.74 Å². The van der Waals surface area contributed by atoms with Crippen molar-refractivity contribution in [1.82, 2.24) is 14.7 Å². The van der Waals surface area contributed by atoms with E-state index in [2.05, 4.69) is 5.10 Å². The number of amides is 2. The maximum atomic E-state index is 13.2. The van der Waals surface area contributed by atoms with Crippen LogP contribution in [0, 0.1) is 21.4 Å². The number of nitro groups is 1. The molecule has 0 unspecified atom stereocenters. The van der Waals surface area contributed by atoms with Gasteiger partial charge in [-0.1, -0.05) is 18.2 Å². The number of hydrogen-bond acceptors (Lipinski definition) is 7. The molecule has 0 fully saturated rings. The van der Waals surface area contributed by atoms with Crippen molar-refractivity contribution in [1.29, 1.82) is 5.26 Å². The first-order valence-electron chi connectivity index (χ1n) is 11.0. The number of ether oxygens (including phenoxy) is 1. The van der Waals surface area contributed by atoms with E-state index in [1.165, 1.54) is 19.2 Å². The van der Waals surface area contributed by atoms with E-state index >= 15 is 0 Å². The molecule has 36 heavy (non-hydrogen) atoms. The molecule has 0 radical (unpaired) electrons. The van der Waals surface area contributed by atoms with Crippen LogP contribution < -0.4 is 4.74 Å². The maximum absolute atomic E-state index is 13.2. The van der Waals surface area contributed by atoms with Crippen LogP contribution in [0.3, 0.4) is 0 Å². The molecule has 0 N–H and O–H groups in total. The molecule has 10 heteroatoms. The molecule has 0 atom stereocenters. The molecule has 2 aromatic carbocycles. The minimum Gasteiger partial charge on any atom is -0.490 e. The molecular weight excluding hydrogens is 462 g/mol. The van der Waals surface area contributed by atoms with Crippen molar-refractivity contribution in [3.63, 3.8) is 0 Å². The lowest BCUT2D eigenvalue weighted by atomic mass is 9.93. The van der Waals surface area contributed by atoms with E-state index in [0.717, 1.165) is 10.6 Å². The Labute approximate surface area is 206 Å². The lowest BCUT2D eigenvalue weighted by molar-refractivity contribution is -0.385. The Morgan fingerprint density at radius 3 is 2.50 bits per heavy atom. The number of carbonyl (C=O) groups is 2. The number of rotatable bonds is 6. The van der Waals surface area contributed by atoms with Crippen LogP contribution in [0.5, 0.6) is 5.75 Å². The number of carbonyl (C=O) groups excluding carboxylic acids is 2. The van der Waals surface area contributed by atoms with Crippen molar-refractivity contribution in [2.24, 2.45) is 0 Å². The second-order valence-corrected chi connectivity index (χ2v) is 7.88. The van der Waals surface area contributed by atoms with Gasteiger partial charge in [-0.05, 0) is 49.8 Å². The smallest absolute Gasteiger partial charge is 0.311 e. The number of hydrogen-bond donors (Lipinski definition) is 0. The van der Waals surface area contributed by atoms with Crippen LogP contribution in [0.15, 0.2) is 71.4 Å². The summed E-state index contributed by atoms with van der Waals surface area (Å²) in [4.78, 5) is 37.8. The Kier molecular flexibility index (Phi) is 6.48. The van der Waals surface area contributed by atoms with Crippen LogP contribution in [-0.4, -0.2) is 45.1 Å². The van der Waals surface area contributed by atoms with Crippen molar-refractivity contribution >= 4 is 23.6 Å². The average Bonchev–Trinajstić information content (AvgIpc) is 3.31. The van der Waals surface area contributed by atoms with Crippen molar-refractivity contribution in [3.05, 3.63) is 87.1 Å². The molecule has 0 saturated carbocycles. The maximum Gasteiger partial charge on any atom is 0.311 e. The van der Waals surface area contributed by atoms with Gasteiger partial charge in [0.25, 0.3) is 11.8 Å². The zero-order valence-corrected chi connectivity index (χ0v) is 19.8. The fraction of sp³-hybridized carbons (Fsp3) is 0.154. The topological polar surface area (TPSA) is 131 Å². The molecule has 3 aromatic rings. The summed E-state index contributed by atoms with van der Waals surface area (Å²) in [5.41, 5.74) is 2.10. The van der Waals surface area contributed by atoms with Crippen LogP contribution in [0.25, 0.3) is 23.0 Å². The molecule has 1 aliphatic rings. The van der Waals surface area contributed by atoms with Gasteiger partial charge in [-0.3, -0.25) is 24.6 Å². The third-order valence-electron chi connectivity index (χ3n) is 5.85. The summed E-state index contributed by atoms with van der Waals surface area (Å²) in [5.74, 6) is -1.06. The Hall–Kier alpha value is -5.04. The molecule has 0 aliphatic carbocycles. The molecule has 2 amide bonds. The average molecular weight is 483 g/mol. The summed E-state index contributed by atoms with van der Waals surface area (Å²) in [6.45, 7) is 3.30. The van der Waals surface area contributed by atoms with Gasteiger partial charge in [0.15, 0.2) is 5.75 Å². The number of nitrogens with zero attached hydrogens (tertiary/aromatic N) is 5. The van der Waals surface area contributed by atoms with E-state index in [0.29, 0.717) is 16.8 Å². The fourth-order valence-electron chi connectivity index (χ4n) is 3.98. The molecule has 0 bridgehead atoms. The predicted molar refractivity (Wildman–Crippen MR) is 131 cm³/mol. The van der Waals surface area contributed by atoms with Crippen LogP contribution in [0.2, 0.25) is 0 Å². The highest BCUT2D eigenvalue weighted by Crippen LogP contribution is 2.35. The zero-order chi connectivity index (χ0) is 26.0. The number of aromatic nitrogens is 2. The van der Waals surface area contributed by atoms with Crippen molar-refractivity contribution in [2.45, 2.75) is 13.8 Å². The number of nitro benzene ring substituents is 1. The normalized spacial score (nSPS) is 14.8. The number of methoxy groups -OCH3 is 1. The molecule has 1 aliphatic heterocycles. The predicted octanol–water partition coefficient (Wildman–Crippen LogP) is 4.07. The molecule has 0 saturated heterocycles. The second-order valence-electron chi connectivity index (χ2n) is 7.88. The number of likely N-dealkylation sites (N-methyl/N-ethyl adjacent to an activating group) is 1. The molecule has 180 valence electrons. The van der Waals surface area contributed by atoms with E-state index in [9.17, 15) is 25.0 Å².